The van der Waals surface area contributed by atoms with Crippen LogP contribution >= 0.6 is 28.6 Å². The molecule has 0 aliphatic carbocycles. The molecule has 3 nitrogen and oxygen atoms in total. The fraction of sp³-hybridized carbons (Fsp3) is 0.333. The zero-order valence-corrected chi connectivity index (χ0v) is 11.8. The zero-order chi connectivity index (χ0) is 12.8. The van der Waals surface area contributed by atoms with Gasteiger partial charge in [0.25, 0.3) is 0 Å². The first kappa shape index (κ1) is 14.1. The largest absolute Gasteiger partial charge is 0.466 e. The van der Waals surface area contributed by atoms with E-state index in [0.717, 1.165) is 11.1 Å². The van der Waals surface area contributed by atoms with Crippen LogP contribution in [0.3, 0.4) is 0 Å². The normalized spacial score (nSPS) is 9.76. The number of rotatable bonds is 4. The lowest BCUT2D eigenvalue weighted by Gasteiger charge is -2.10. The average Bonchev–Trinajstić information content (AvgIpc) is 2.31. The third kappa shape index (κ3) is 3.76. The molecule has 0 aliphatic heterocycles. The molecule has 0 unspecified atom stereocenters. The lowest BCUT2D eigenvalue weighted by atomic mass is 10.0. The van der Waals surface area contributed by atoms with Gasteiger partial charge in [0.1, 0.15) is 0 Å². The monoisotopic (exact) mass is 313 g/mol. The predicted octanol–water partition coefficient (Wildman–Crippen LogP) is 2.85. The molecule has 1 aromatic rings. The molecule has 1 aromatic carbocycles. The summed E-state index contributed by atoms with van der Waals surface area (Å²) in [7, 11) is 0. The van der Waals surface area contributed by atoms with Gasteiger partial charge in [-0.15, -0.1) is 12.6 Å². The van der Waals surface area contributed by atoms with Crippen LogP contribution in [0.4, 0.5) is 0 Å². The SMILES string of the molecule is CCOC(=O)Cc1c(S)cc(C#N)cc1CBr. The van der Waals surface area contributed by atoms with Gasteiger partial charge in [-0.05, 0) is 30.2 Å². The van der Waals surface area contributed by atoms with Crippen molar-refractivity contribution in [3.63, 3.8) is 0 Å². The number of halogens is 1. The van der Waals surface area contributed by atoms with Crippen molar-refractivity contribution >= 4 is 34.5 Å². The molecule has 0 heterocycles. The quantitative estimate of drug-likeness (QED) is 0.528. The number of ether oxygens (including phenoxy) is 1. The number of nitrogens with zero attached hydrogens (tertiary/aromatic N) is 1. The highest BCUT2D eigenvalue weighted by molar-refractivity contribution is 9.08. The number of alkyl halides is 1. The third-order valence-electron chi connectivity index (χ3n) is 2.22. The van der Waals surface area contributed by atoms with Crippen LogP contribution in [0.25, 0.3) is 0 Å². The van der Waals surface area contributed by atoms with E-state index in [4.69, 9.17) is 10.00 Å². The minimum Gasteiger partial charge on any atom is -0.466 e. The number of carbonyl (C=O) groups excluding carboxylic acids is 1. The lowest BCUT2D eigenvalue weighted by Crippen LogP contribution is -2.10. The van der Waals surface area contributed by atoms with E-state index >= 15 is 0 Å². The summed E-state index contributed by atoms with van der Waals surface area (Å²) < 4.78 is 4.90. The fourth-order valence-corrected chi connectivity index (χ4v) is 2.32. The fourth-order valence-electron chi connectivity index (χ4n) is 1.46. The van der Waals surface area contributed by atoms with Gasteiger partial charge in [-0.2, -0.15) is 5.26 Å². The molecular weight excluding hydrogens is 302 g/mol. The Morgan fingerprint density at radius 3 is 2.82 bits per heavy atom. The van der Waals surface area contributed by atoms with Crippen molar-refractivity contribution in [3.8, 4) is 6.07 Å². The van der Waals surface area contributed by atoms with E-state index in [1.54, 1.807) is 19.1 Å². The molecule has 90 valence electrons. The van der Waals surface area contributed by atoms with E-state index in [9.17, 15) is 4.79 Å². The lowest BCUT2D eigenvalue weighted by molar-refractivity contribution is -0.142. The predicted molar refractivity (Wildman–Crippen MR) is 71.4 cm³/mol. The van der Waals surface area contributed by atoms with Crippen LogP contribution in [0, 0.1) is 11.3 Å². The zero-order valence-electron chi connectivity index (χ0n) is 9.36. The van der Waals surface area contributed by atoms with E-state index in [-0.39, 0.29) is 12.4 Å². The minimum absolute atomic E-state index is 0.180. The van der Waals surface area contributed by atoms with Crippen molar-refractivity contribution in [1.82, 2.24) is 0 Å². The summed E-state index contributed by atoms with van der Waals surface area (Å²) in [5.41, 5.74) is 2.24. The molecule has 0 amide bonds. The van der Waals surface area contributed by atoms with E-state index in [1.807, 2.05) is 0 Å². The topological polar surface area (TPSA) is 50.1 Å². The Kier molecular flexibility index (Phi) is 5.52. The van der Waals surface area contributed by atoms with Crippen LogP contribution in [0.5, 0.6) is 0 Å². The number of hydrogen-bond acceptors (Lipinski definition) is 4. The van der Waals surface area contributed by atoms with Crippen LogP contribution in [-0.2, 0) is 21.3 Å². The molecule has 0 saturated heterocycles. The van der Waals surface area contributed by atoms with Crippen molar-refractivity contribution in [2.75, 3.05) is 6.61 Å². The first-order valence-electron chi connectivity index (χ1n) is 5.08. The van der Waals surface area contributed by atoms with Gasteiger partial charge in [0, 0.05) is 10.2 Å². The Labute approximate surface area is 114 Å². The molecule has 0 bridgehead atoms. The van der Waals surface area contributed by atoms with E-state index < -0.39 is 0 Å². The molecule has 5 heteroatoms. The Morgan fingerprint density at radius 1 is 1.59 bits per heavy atom. The number of carbonyl (C=O) groups is 1. The van der Waals surface area contributed by atoms with Gasteiger partial charge in [0.15, 0.2) is 0 Å². The van der Waals surface area contributed by atoms with Gasteiger partial charge in [0.05, 0.1) is 24.7 Å². The maximum Gasteiger partial charge on any atom is 0.310 e. The average molecular weight is 314 g/mol. The van der Waals surface area contributed by atoms with Crippen LogP contribution in [0.15, 0.2) is 17.0 Å². The Bertz CT molecular complexity index is 468. The summed E-state index contributed by atoms with van der Waals surface area (Å²) in [6.45, 7) is 2.13. The van der Waals surface area contributed by atoms with Gasteiger partial charge in [0.2, 0.25) is 0 Å². The second kappa shape index (κ2) is 6.67. The number of esters is 1. The summed E-state index contributed by atoms with van der Waals surface area (Å²) >= 11 is 7.65. The highest BCUT2D eigenvalue weighted by Gasteiger charge is 2.13. The second-order valence-corrected chi connectivity index (χ2v) is 4.40. The van der Waals surface area contributed by atoms with Crippen molar-refractivity contribution in [1.29, 1.82) is 5.26 Å². The van der Waals surface area contributed by atoms with Crippen LogP contribution in [-0.4, -0.2) is 12.6 Å². The molecule has 0 aliphatic rings. The first-order chi connectivity index (χ1) is 8.12. The molecule has 1 rings (SSSR count). The van der Waals surface area contributed by atoms with E-state index in [2.05, 4.69) is 34.6 Å². The Hall–Kier alpha value is -0.990. The van der Waals surface area contributed by atoms with Gasteiger partial charge in [-0.1, -0.05) is 15.9 Å². The van der Waals surface area contributed by atoms with Gasteiger partial charge < -0.3 is 4.74 Å². The van der Waals surface area contributed by atoms with Crippen molar-refractivity contribution < 1.29 is 9.53 Å². The molecule has 0 N–H and O–H groups in total. The molecule has 0 atom stereocenters. The third-order valence-corrected chi connectivity index (χ3v) is 3.22. The molecule has 0 radical (unpaired) electrons. The minimum atomic E-state index is -0.283. The number of thiol groups is 1. The molecular formula is C12H12BrNO2S. The molecule has 0 aromatic heterocycles. The molecule has 0 spiro atoms. The smallest absolute Gasteiger partial charge is 0.310 e. The summed E-state index contributed by atoms with van der Waals surface area (Å²) in [6.07, 6.45) is 0.180. The molecule has 17 heavy (non-hydrogen) atoms. The van der Waals surface area contributed by atoms with Gasteiger partial charge in [-0.25, -0.2) is 0 Å². The number of nitriles is 1. The van der Waals surface area contributed by atoms with Crippen molar-refractivity contribution in [2.45, 2.75) is 23.6 Å². The highest BCUT2D eigenvalue weighted by Crippen LogP contribution is 2.24. The standard InChI is InChI=1S/C12H12BrNO2S/c1-2-16-12(15)5-10-9(6-13)3-8(7-14)4-11(10)17/h3-4,17H,2,5-6H2,1H3. The highest BCUT2D eigenvalue weighted by atomic mass is 79.9. The molecule has 0 saturated carbocycles. The number of benzene rings is 1. The van der Waals surface area contributed by atoms with Crippen molar-refractivity contribution in [3.05, 3.63) is 28.8 Å². The maximum atomic E-state index is 11.5. The van der Waals surface area contributed by atoms with Gasteiger partial charge in [-0.3, -0.25) is 4.79 Å². The maximum absolute atomic E-state index is 11.5. The van der Waals surface area contributed by atoms with E-state index in [1.165, 1.54) is 0 Å². The van der Waals surface area contributed by atoms with Gasteiger partial charge >= 0.3 is 5.97 Å². The summed E-state index contributed by atoms with van der Waals surface area (Å²) in [5.74, 6) is -0.283. The van der Waals surface area contributed by atoms with Crippen LogP contribution < -0.4 is 0 Å². The van der Waals surface area contributed by atoms with Crippen molar-refractivity contribution in [2.24, 2.45) is 0 Å². The first-order valence-corrected chi connectivity index (χ1v) is 6.65. The summed E-state index contributed by atoms with van der Waals surface area (Å²) in [5, 5.41) is 9.42. The Balaban J connectivity index is 3.06. The summed E-state index contributed by atoms with van der Waals surface area (Å²) in [6, 6.07) is 5.47. The summed E-state index contributed by atoms with van der Waals surface area (Å²) in [4.78, 5) is 12.1. The number of hydrogen-bond donors (Lipinski definition) is 1. The van der Waals surface area contributed by atoms with E-state index in [0.29, 0.717) is 22.4 Å². The Morgan fingerprint density at radius 2 is 2.29 bits per heavy atom. The van der Waals surface area contributed by atoms with Crippen LogP contribution in [0.1, 0.15) is 23.6 Å². The second-order valence-electron chi connectivity index (χ2n) is 3.36. The van der Waals surface area contributed by atoms with Crippen LogP contribution in [0.2, 0.25) is 0 Å². The molecule has 0 fully saturated rings.